The van der Waals surface area contributed by atoms with Gasteiger partial charge in [0.05, 0.1) is 24.2 Å². The highest BCUT2D eigenvalue weighted by molar-refractivity contribution is 6.11. The number of pyridine rings is 1. The van der Waals surface area contributed by atoms with Crippen LogP contribution in [0.5, 0.6) is 0 Å². The number of rotatable bonds is 14. The predicted octanol–water partition coefficient (Wildman–Crippen LogP) is 0.863. The van der Waals surface area contributed by atoms with Gasteiger partial charge in [0.2, 0.25) is 5.91 Å². The monoisotopic (exact) mass is 533 g/mol. The number of nitrogens with one attached hydrogen (secondary N) is 4. The molecule has 0 aliphatic rings. The molecular weight excluding hydrogens is 502 g/mol. The molecule has 0 radical (unpaired) electrons. The molecule has 14 heteroatoms. The zero-order chi connectivity index (χ0) is 27.6. The third-order valence-corrected chi connectivity index (χ3v) is 5.95. The lowest BCUT2D eigenvalue weighted by atomic mass is 10.1. The number of anilines is 1. The maximum atomic E-state index is 12.1. The van der Waals surface area contributed by atoms with Crippen LogP contribution in [0.4, 0.5) is 5.82 Å². The SMILES string of the molecule is N=C/C(=C\N)C(=O)NCCOCCC(=O)NCCCCn1nc(-c2cnc3[nH]ccc3c2)c2c(N)ncnc21. The highest BCUT2D eigenvalue weighted by Crippen LogP contribution is 2.31. The number of aromatic amines is 1. The number of ether oxygens (including phenoxy) is 1. The van der Waals surface area contributed by atoms with Gasteiger partial charge in [-0.05, 0) is 25.0 Å². The first-order valence-corrected chi connectivity index (χ1v) is 12.5. The Bertz CT molecular complexity index is 1490. The molecule has 204 valence electrons. The van der Waals surface area contributed by atoms with Gasteiger partial charge in [-0.15, -0.1) is 0 Å². The van der Waals surface area contributed by atoms with Crippen LogP contribution >= 0.6 is 0 Å². The van der Waals surface area contributed by atoms with Crippen LogP contribution in [0.1, 0.15) is 19.3 Å². The van der Waals surface area contributed by atoms with Gasteiger partial charge in [0.1, 0.15) is 23.5 Å². The standard InChI is InChI=1S/C25H31N11O3/c26-12-18(13-27)25(38)31-7-10-39-9-4-19(37)29-5-1-2-8-36-24-20(22(28)33-15-34-24)21(35-36)17-11-16-3-6-30-23(16)32-14-17/h3,6,11-15,26H,1-2,4-5,7-10,27H2,(H,29,37)(H,30,32)(H,31,38)(H2,28,33,34)/b18-13+,26-12?. The first-order valence-electron chi connectivity index (χ1n) is 12.5. The molecular formula is C25H31N11O3. The largest absolute Gasteiger partial charge is 0.404 e. The van der Waals surface area contributed by atoms with E-state index in [1.54, 1.807) is 6.20 Å². The summed E-state index contributed by atoms with van der Waals surface area (Å²) < 4.78 is 7.18. The quantitative estimate of drug-likeness (QED) is 0.0768. The lowest BCUT2D eigenvalue weighted by molar-refractivity contribution is -0.122. The number of fused-ring (bicyclic) bond motifs is 2. The summed E-state index contributed by atoms with van der Waals surface area (Å²) in [5.74, 6) is -0.203. The summed E-state index contributed by atoms with van der Waals surface area (Å²) in [6.45, 7) is 1.85. The Morgan fingerprint density at radius 3 is 2.85 bits per heavy atom. The molecule has 4 rings (SSSR count). The number of amides is 2. The van der Waals surface area contributed by atoms with E-state index in [9.17, 15) is 9.59 Å². The Kier molecular flexibility index (Phi) is 9.13. The maximum absolute atomic E-state index is 12.1. The van der Waals surface area contributed by atoms with E-state index in [4.69, 9.17) is 26.7 Å². The van der Waals surface area contributed by atoms with Crippen LogP contribution in [0.25, 0.3) is 33.3 Å². The maximum Gasteiger partial charge on any atom is 0.254 e. The van der Waals surface area contributed by atoms with Gasteiger partial charge >= 0.3 is 0 Å². The number of carbonyl (C=O) groups excluding carboxylic acids is 2. The lowest BCUT2D eigenvalue weighted by Gasteiger charge is -2.08. The van der Waals surface area contributed by atoms with Gasteiger partial charge in [-0.25, -0.2) is 19.6 Å². The second kappa shape index (κ2) is 13.1. The van der Waals surface area contributed by atoms with Crippen molar-refractivity contribution in [2.75, 3.05) is 32.0 Å². The van der Waals surface area contributed by atoms with Gasteiger partial charge in [0, 0.05) is 61.8 Å². The van der Waals surface area contributed by atoms with Crippen LogP contribution in [0.3, 0.4) is 0 Å². The fourth-order valence-corrected chi connectivity index (χ4v) is 3.96. The van der Waals surface area contributed by atoms with Gasteiger partial charge in [-0.1, -0.05) is 0 Å². The van der Waals surface area contributed by atoms with Crippen molar-refractivity contribution < 1.29 is 14.3 Å². The second-order valence-electron chi connectivity index (χ2n) is 8.61. The summed E-state index contributed by atoms with van der Waals surface area (Å²) in [4.78, 5) is 39.8. The van der Waals surface area contributed by atoms with E-state index >= 15 is 0 Å². The number of nitrogens with two attached hydrogens (primary N) is 2. The highest BCUT2D eigenvalue weighted by atomic mass is 16.5. The number of hydrogen-bond acceptors (Lipinski definition) is 10. The summed E-state index contributed by atoms with van der Waals surface area (Å²) >= 11 is 0. The molecule has 39 heavy (non-hydrogen) atoms. The number of H-pyrrole nitrogens is 1. The van der Waals surface area contributed by atoms with Crippen LogP contribution in [-0.2, 0) is 20.9 Å². The molecule has 0 saturated carbocycles. The minimum absolute atomic E-state index is 0.0692. The minimum atomic E-state index is -0.445. The molecule has 0 aromatic carbocycles. The Morgan fingerprint density at radius 2 is 2.03 bits per heavy atom. The van der Waals surface area contributed by atoms with Crippen molar-refractivity contribution in [2.45, 2.75) is 25.8 Å². The van der Waals surface area contributed by atoms with Gasteiger partial charge in [0.15, 0.2) is 5.65 Å². The fraction of sp³-hybridized carbons (Fsp3) is 0.320. The average molecular weight is 534 g/mol. The molecule has 0 fully saturated rings. The lowest BCUT2D eigenvalue weighted by Crippen LogP contribution is -2.30. The summed E-state index contributed by atoms with van der Waals surface area (Å²) in [7, 11) is 0. The number of nitrogen functional groups attached to an aromatic ring is 1. The summed E-state index contributed by atoms with van der Waals surface area (Å²) in [6.07, 6.45) is 8.68. The predicted molar refractivity (Wildman–Crippen MR) is 147 cm³/mol. The number of aromatic nitrogens is 6. The van der Waals surface area contributed by atoms with Crippen molar-refractivity contribution in [2.24, 2.45) is 5.73 Å². The van der Waals surface area contributed by atoms with Crippen molar-refractivity contribution in [3.05, 3.63) is 42.6 Å². The molecule has 0 unspecified atom stereocenters. The van der Waals surface area contributed by atoms with Crippen LogP contribution in [0, 0.1) is 5.41 Å². The van der Waals surface area contributed by atoms with Gasteiger partial charge in [0.25, 0.3) is 5.91 Å². The first-order chi connectivity index (χ1) is 19.0. The van der Waals surface area contributed by atoms with E-state index in [0.29, 0.717) is 35.6 Å². The van der Waals surface area contributed by atoms with Crippen molar-refractivity contribution in [1.82, 2.24) is 40.3 Å². The summed E-state index contributed by atoms with van der Waals surface area (Å²) in [6, 6.07) is 3.95. The first kappa shape index (κ1) is 27.2. The average Bonchev–Trinajstić information content (AvgIpc) is 3.56. The van der Waals surface area contributed by atoms with E-state index in [-0.39, 0.29) is 37.7 Å². The molecule has 2 amide bonds. The normalized spacial score (nSPS) is 11.6. The van der Waals surface area contributed by atoms with Crippen molar-refractivity contribution >= 4 is 45.9 Å². The zero-order valence-electron chi connectivity index (χ0n) is 21.3. The molecule has 8 N–H and O–H groups in total. The third-order valence-electron chi connectivity index (χ3n) is 5.95. The highest BCUT2D eigenvalue weighted by Gasteiger charge is 2.17. The molecule has 0 bridgehead atoms. The van der Waals surface area contributed by atoms with Crippen LogP contribution < -0.4 is 22.1 Å². The van der Waals surface area contributed by atoms with Crippen LogP contribution in [-0.4, -0.2) is 74.0 Å². The van der Waals surface area contributed by atoms with Crippen molar-refractivity contribution in [3.63, 3.8) is 0 Å². The van der Waals surface area contributed by atoms with Gasteiger partial charge < -0.3 is 37.2 Å². The molecule has 4 heterocycles. The minimum Gasteiger partial charge on any atom is -0.404 e. The number of hydrogen-bond donors (Lipinski definition) is 6. The molecule has 14 nitrogen and oxygen atoms in total. The molecule has 0 spiro atoms. The third kappa shape index (κ3) is 6.73. The fourth-order valence-electron chi connectivity index (χ4n) is 3.96. The Labute approximate surface area is 223 Å². The topological polar surface area (TPSA) is 216 Å². The molecule has 0 aliphatic heterocycles. The molecule has 0 atom stereocenters. The number of carbonyl (C=O) groups is 2. The number of unbranched alkanes of at least 4 members (excludes halogenated alkanes) is 1. The second-order valence-corrected chi connectivity index (χ2v) is 8.61. The number of nitrogens with zero attached hydrogens (tertiary/aromatic N) is 5. The Hall–Kier alpha value is -4.85. The van der Waals surface area contributed by atoms with E-state index in [2.05, 4.69) is 30.6 Å². The molecule has 0 aliphatic carbocycles. The van der Waals surface area contributed by atoms with Gasteiger partial charge in [-0.2, -0.15) is 5.10 Å². The molecule has 4 aromatic rings. The molecule has 0 saturated heterocycles. The summed E-state index contributed by atoms with van der Waals surface area (Å²) in [5.41, 5.74) is 14.5. The zero-order valence-corrected chi connectivity index (χ0v) is 21.3. The summed E-state index contributed by atoms with van der Waals surface area (Å²) in [5, 5.41) is 19.0. The van der Waals surface area contributed by atoms with E-state index in [1.807, 2.05) is 23.0 Å². The van der Waals surface area contributed by atoms with Crippen molar-refractivity contribution in [3.8, 4) is 11.3 Å². The smallest absolute Gasteiger partial charge is 0.254 e. The number of aryl methyl sites for hydroxylation is 1. The van der Waals surface area contributed by atoms with Crippen molar-refractivity contribution in [1.29, 1.82) is 5.41 Å². The van der Waals surface area contributed by atoms with E-state index in [1.165, 1.54) is 6.33 Å². The van der Waals surface area contributed by atoms with Crippen LogP contribution in [0.15, 0.2) is 42.6 Å². The van der Waals surface area contributed by atoms with Gasteiger partial charge in [-0.3, -0.25) is 9.59 Å². The Morgan fingerprint density at radius 1 is 1.15 bits per heavy atom. The van der Waals surface area contributed by atoms with E-state index in [0.717, 1.165) is 41.9 Å². The molecule has 4 aromatic heterocycles. The Balaban J connectivity index is 1.20. The van der Waals surface area contributed by atoms with Crippen LogP contribution in [0.2, 0.25) is 0 Å². The van der Waals surface area contributed by atoms with E-state index < -0.39 is 5.91 Å².